The molecule has 0 radical (unpaired) electrons. The molecule has 6 rings (SSSR count). The smallest absolute Gasteiger partial charge is 0.331 e. The van der Waals surface area contributed by atoms with E-state index in [1.54, 1.807) is 11.0 Å². The minimum absolute atomic E-state index is 0.00283. The number of hydrazine groups is 1. The Morgan fingerprint density at radius 2 is 1.89 bits per heavy atom. The second-order valence-electron chi connectivity index (χ2n) is 12.3. The highest BCUT2D eigenvalue weighted by Crippen LogP contribution is 2.30. The van der Waals surface area contributed by atoms with Crippen LogP contribution in [-0.2, 0) is 22.6 Å². The van der Waals surface area contributed by atoms with Gasteiger partial charge in [0.05, 0.1) is 25.3 Å². The fourth-order valence-electron chi connectivity index (χ4n) is 7.02. The number of phenols is 1. The summed E-state index contributed by atoms with van der Waals surface area (Å²) in [4.78, 5) is 55.4. The van der Waals surface area contributed by atoms with Gasteiger partial charge in [-0.2, -0.15) is 0 Å². The first-order valence-electron chi connectivity index (χ1n) is 15.9. The van der Waals surface area contributed by atoms with Gasteiger partial charge in [-0.15, -0.1) is 6.58 Å². The third-order valence-electron chi connectivity index (χ3n) is 9.55. The molecule has 2 unspecified atom stereocenters. The number of nitrogens with two attached hydrogens (primary N) is 1. The molecule has 4 aliphatic heterocycles. The SMILES string of the molecule is C=CCN1CC(=O)N2C(Cc3ccc(O)cc3F)C(=O)N(Cc3cccc(N4CC(N5CCN(CC)CC5)C4)n3)CC2N1C(N)=O. The second-order valence-corrected chi connectivity index (χ2v) is 12.3. The summed E-state index contributed by atoms with van der Waals surface area (Å²) in [6, 6.07) is 8.03. The predicted octanol–water partition coefficient (Wildman–Crippen LogP) is 0.658. The summed E-state index contributed by atoms with van der Waals surface area (Å²) in [6.45, 7) is 13.2. The number of aromatic nitrogens is 1. The Kier molecular flexibility index (Phi) is 9.11. The van der Waals surface area contributed by atoms with Crippen molar-refractivity contribution in [3.05, 3.63) is 66.1 Å². The van der Waals surface area contributed by atoms with E-state index in [1.807, 2.05) is 18.2 Å². The van der Waals surface area contributed by atoms with Gasteiger partial charge in [0.25, 0.3) is 0 Å². The van der Waals surface area contributed by atoms with E-state index < -0.39 is 24.1 Å². The molecule has 2 aromatic rings. The predicted molar refractivity (Wildman–Crippen MR) is 169 cm³/mol. The largest absolute Gasteiger partial charge is 0.508 e. The van der Waals surface area contributed by atoms with Gasteiger partial charge in [0, 0.05) is 64.3 Å². The average Bonchev–Trinajstić information content (AvgIpc) is 3.00. The second kappa shape index (κ2) is 13.2. The molecule has 4 aliphatic rings. The Bertz CT molecular complexity index is 1480. The lowest BCUT2D eigenvalue weighted by Crippen LogP contribution is -2.76. The lowest BCUT2D eigenvalue weighted by molar-refractivity contribution is -0.189. The number of likely N-dealkylation sites (N-methyl/N-ethyl adjacent to an activating group) is 1. The number of primary amides is 1. The normalized spacial score (nSPS) is 23.4. The van der Waals surface area contributed by atoms with Crippen LogP contribution in [0.3, 0.4) is 0 Å². The third kappa shape index (κ3) is 6.24. The highest BCUT2D eigenvalue weighted by Gasteiger charge is 2.51. The highest BCUT2D eigenvalue weighted by atomic mass is 19.1. The van der Waals surface area contributed by atoms with E-state index in [2.05, 4.69) is 28.2 Å². The number of nitrogens with zero attached hydrogens (tertiary/aromatic N) is 8. The molecule has 4 saturated heterocycles. The summed E-state index contributed by atoms with van der Waals surface area (Å²) in [5.41, 5.74) is 6.64. The molecule has 3 N–H and O–H groups in total. The van der Waals surface area contributed by atoms with Crippen LogP contribution in [0.25, 0.3) is 0 Å². The van der Waals surface area contributed by atoms with Crippen molar-refractivity contribution in [2.45, 2.75) is 38.1 Å². The molecule has 0 spiro atoms. The summed E-state index contributed by atoms with van der Waals surface area (Å²) in [7, 11) is 0. The molecule has 0 bridgehead atoms. The van der Waals surface area contributed by atoms with E-state index in [4.69, 9.17) is 10.7 Å². The minimum Gasteiger partial charge on any atom is -0.508 e. The molecule has 46 heavy (non-hydrogen) atoms. The molecule has 5 heterocycles. The quantitative estimate of drug-likeness (QED) is 0.382. The zero-order valence-electron chi connectivity index (χ0n) is 26.2. The van der Waals surface area contributed by atoms with Crippen LogP contribution in [0.15, 0.2) is 49.1 Å². The summed E-state index contributed by atoms with van der Waals surface area (Å²) < 4.78 is 14.9. The molecule has 0 saturated carbocycles. The maximum Gasteiger partial charge on any atom is 0.331 e. The summed E-state index contributed by atoms with van der Waals surface area (Å²) in [5.74, 6) is -0.881. The fourth-order valence-corrected chi connectivity index (χ4v) is 7.02. The molecule has 4 fully saturated rings. The fraction of sp³-hybridized carbons (Fsp3) is 0.500. The van der Waals surface area contributed by atoms with Crippen LogP contribution in [0.4, 0.5) is 15.0 Å². The molecule has 1 aromatic heterocycles. The Balaban J connectivity index is 1.22. The number of aromatic hydroxyl groups is 1. The van der Waals surface area contributed by atoms with Crippen LogP contribution in [-0.4, -0.2) is 141 Å². The zero-order chi connectivity index (χ0) is 32.5. The Morgan fingerprint density at radius 3 is 2.57 bits per heavy atom. The number of anilines is 1. The lowest BCUT2D eigenvalue weighted by Gasteiger charge is -2.54. The number of fused-ring (bicyclic) bond motifs is 1. The van der Waals surface area contributed by atoms with Gasteiger partial charge in [-0.05, 0) is 30.3 Å². The van der Waals surface area contributed by atoms with Gasteiger partial charge in [0.2, 0.25) is 11.8 Å². The van der Waals surface area contributed by atoms with E-state index in [0.717, 1.165) is 57.7 Å². The van der Waals surface area contributed by atoms with Gasteiger partial charge < -0.3 is 30.4 Å². The Hall–Kier alpha value is -4.27. The van der Waals surface area contributed by atoms with Crippen molar-refractivity contribution in [3.63, 3.8) is 0 Å². The summed E-state index contributed by atoms with van der Waals surface area (Å²) in [6.07, 6.45) is 0.510. The van der Waals surface area contributed by atoms with Crippen LogP contribution >= 0.6 is 0 Å². The number of phenolic OH excluding ortho intramolecular Hbond substituents is 1. The number of urea groups is 1. The molecule has 4 amide bonds. The van der Waals surface area contributed by atoms with E-state index in [-0.39, 0.29) is 55.7 Å². The number of amides is 4. The number of hydrogen-bond acceptors (Lipinski definition) is 9. The zero-order valence-corrected chi connectivity index (χ0v) is 26.2. The van der Waals surface area contributed by atoms with E-state index >= 15 is 0 Å². The molecular weight excluding hydrogens is 593 g/mol. The van der Waals surface area contributed by atoms with Crippen LogP contribution in [0, 0.1) is 5.82 Å². The topological polar surface area (TPSA) is 133 Å². The lowest BCUT2D eigenvalue weighted by atomic mass is 9.98. The van der Waals surface area contributed by atoms with Gasteiger partial charge in [-0.25, -0.2) is 24.2 Å². The van der Waals surface area contributed by atoms with Gasteiger partial charge in [-0.3, -0.25) is 14.5 Å². The third-order valence-corrected chi connectivity index (χ3v) is 9.55. The molecule has 2 atom stereocenters. The van der Waals surface area contributed by atoms with Gasteiger partial charge in [0.1, 0.15) is 29.6 Å². The average molecular weight is 636 g/mol. The molecule has 1 aromatic carbocycles. The first kappa shape index (κ1) is 31.7. The molecule has 13 nitrogen and oxygen atoms in total. The maximum atomic E-state index is 14.9. The van der Waals surface area contributed by atoms with Crippen molar-refractivity contribution >= 4 is 23.7 Å². The Labute approximate surface area is 268 Å². The maximum absolute atomic E-state index is 14.9. The number of rotatable bonds is 9. The van der Waals surface area contributed by atoms with E-state index in [9.17, 15) is 23.9 Å². The first-order chi connectivity index (χ1) is 22.2. The van der Waals surface area contributed by atoms with E-state index in [1.165, 1.54) is 27.1 Å². The number of hydrogen-bond donors (Lipinski definition) is 2. The number of halogens is 1. The van der Waals surface area contributed by atoms with Crippen molar-refractivity contribution in [1.29, 1.82) is 0 Å². The van der Waals surface area contributed by atoms with Crippen molar-refractivity contribution < 1.29 is 23.9 Å². The molecular formula is C32H42FN9O4. The van der Waals surface area contributed by atoms with Gasteiger partial charge >= 0.3 is 6.03 Å². The van der Waals surface area contributed by atoms with Crippen LogP contribution in [0.1, 0.15) is 18.2 Å². The van der Waals surface area contributed by atoms with Crippen molar-refractivity contribution in [3.8, 4) is 5.75 Å². The van der Waals surface area contributed by atoms with Crippen molar-refractivity contribution in [1.82, 2.24) is 34.6 Å². The van der Waals surface area contributed by atoms with E-state index in [0.29, 0.717) is 11.7 Å². The number of benzene rings is 1. The molecule has 14 heteroatoms. The minimum atomic E-state index is -1.11. The number of carbonyl (C=O) groups excluding carboxylic acids is 3. The highest BCUT2D eigenvalue weighted by molar-refractivity contribution is 5.91. The monoisotopic (exact) mass is 635 g/mol. The molecule has 0 aliphatic carbocycles. The van der Waals surface area contributed by atoms with Gasteiger partial charge in [-0.1, -0.05) is 25.1 Å². The van der Waals surface area contributed by atoms with Crippen molar-refractivity contribution in [2.24, 2.45) is 5.73 Å². The summed E-state index contributed by atoms with van der Waals surface area (Å²) >= 11 is 0. The first-order valence-corrected chi connectivity index (χ1v) is 15.9. The number of piperazine rings is 2. The summed E-state index contributed by atoms with van der Waals surface area (Å²) in [5, 5.41) is 12.5. The van der Waals surface area contributed by atoms with Crippen molar-refractivity contribution in [2.75, 3.05) is 70.3 Å². The Morgan fingerprint density at radius 1 is 1.13 bits per heavy atom. The standard InChI is InChI=1S/C32H42FN9O4/c1-3-10-40-21-30(44)41-27(15-22-8-9-25(43)16-26(22)33)31(45)39(20-29(41)42(40)32(34)46)17-23-6-5-7-28(35-23)38-18-24(19-38)37-13-11-36(4-2)12-14-37/h3,5-9,16,24,27,29,43H,1,4,10-15,17-21H2,2H3,(H2,34,46). The molecule has 246 valence electrons. The van der Waals surface area contributed by atoms with Crippen LogP contribution < -0.4 is 10.6 Å². The van der Waals surface area contributed by atoms with Gasteiger partial charge in [0.15, 0.2) is 0 Å². The van der Waals surface area contributed by atoms with Crippen LogP contribution in [0.5, 0.6) is 5.75 Å². The number of carbonyl (C=O) groups is 3. The number of pyridine rings is 1. The van der Waals surface area contributed by atoms with Crippen LogP contribution in [0.2, 0.25) is 0 Å².